The maximum absolute atomic E-state index is 11.0. The summed E-state index contributed by atoms with van der Waals surface area (Å²) in [6, 6.07) is 5.47. The maximum Gasteiger partial charge on any atom is 0.326 e. The summed E-state index contributed by atoms with van der Waals surface area (Å²) in [5, 5.41) is 19.5. The van der Waals surface area contributed by atoms with Crippen LogP contribution in [0.3, 0.4) is 0 Å². The van der Waals surface area contributed by atoms with Gasteiger partial charge in [0.1, 0.15) is 6.04 Å². The summed E-state index contributed by atoms with van der Waals surface area (Å²) in [6.07, 6.45) is 1.44. The van der Waals surface area contributed by atoms with Crippen LogP contribution in [0.2, 0.25) is 0 Å². The van der Waals surface area contributed by atoms with Crippen LogP contribution in [0, 0.1) is 10.1 Å². The number of carboxylic acids is 1. The zero-order valence-electron chi connectivity index (χ0n) is 9.07. The van der Waals surface area contributed by atoms with Gasteiger partial charge in [0, 0.05) is 24.4 Å². The zero-order chi connectivity index (χ0) is 12.4. The smallest absolute Gasteiger partial charge is 0.326 e. The average molecular weight is 236 g/mol. The van der Waals surface area contributed by atoms with E-state index in [1.54, 1.807) is 17.0 Å². The lowest BCUT2D eigenvalue weighted by Crippen LogP contribution is -2.35. The molecule has 1 heterocycles. The highest BCUT2D eigenvalue weighted by molar-refractivity contribution is 5.79. The van der Waals surface area contributed by atoms with Crippen LogP contribution in [-0.4, -0.2) is 28.6 Å². The predicted octanol–water partition coefficient (Wildman–Crippen LogP) is 1.65. The van der Waals surface area contributed by atoms with E-state index < -0.39 is 16.9 Å². The van der Waals surface area contributed by atoms with E-state index in [0.29, 0.717) is 13.0 Å². The summed E-state index contributed by atoms with van der Waals surface area (Å²) in [6.45, 7) is 0.675. The van der Waals surface area contributed by atoms with Crippen molar-refractivity contribution in [1.29, 1.82) is 0 Å². The topological polar surface area (TPSA) is 83.7 Å². The zero-order valence-corrected chi connectivity index (χ0v) is 9.07. The van der Waals surface area contributed by atoms with Crippen LogP contribution in [-0.2, 0) is 4.79 Å². The van der Waals surface area contributed by atoms with Gasteiger partial charge in [-0.05, 0) is 25.0 Å². The number of anilines is 1. The molecule has 0 unspecified atom stereocenters. The Hall–Kier alpha value is -2.11. The fraction of sp³-hybridized carbons (Fsp3) is 0.364. The predicted molar refractivity (Wildman–Crippen MR) is 61.1 cm³/mol. The molecule has 1 aliphatic heterocycles. The third-order valence-electron chi connectivity index (χ3n) is 2.93. The Morgan fingerprint density at radius 1 is 1.41 bits per heavy atom. The number of carbonyl (C=O) groups is 1. The molecule has 17 heavy (non-hydrogen) atoms. The highest BCUT2D eigenvalue weighted by atomic mass is 16.6. The molecule has 6 heteroatoms. The van der Waals surface area contributed by atoms with Gasteiger partial charge >= 0.3 is 5.97 Å². The van der Waals surface area contributed by atoms with E-state index in [1.807, 2.05) is 0 Å². The molecule has 1 aromatic carbocycles. The molecule has 1 N–H and O–H groups in total. The molecule has 0 spiro atoms. The lowest BCUT2D eigenvalue weighted by Gasteiger charge is -2.23. The van der Waals surface area contributed by atoms with Crippen molar-refractivity contribution >= 4 is 17.3 Å². The minimum absolute atomic E-state index is 0.0137. The van der Waals surface area contributed by atoms with Gasteiger partial charge in [-0.1, -0.05) is 0 Å². The molecule has 1 atom stereocenters. The molecule has 0 aliphatic carbocycles. The molecule has 0 saturated carbocycles. The first-order valence-electron chi connectivity index (χ1n) is 5.33. The second-order valence-electron chi connectivity index (χ2n) is 3.96. The van der Waals surface area contributed by atoms with Crippen LogP contribution >= 0.6 is 0 Å². The molecule has 1 fully saturated rings. The summed E-state index contributed by atoms with van der Waals surface area (Å²) in [5.41, 5.74) is 0.736. The van der Waals surface area contributed by atoms with E-state index in [-0.39, 0.29) is 5.69 Å². The monoisotopic (exact) mass is 236 g/mol. The first-order valence-corrected chi connectivity index (χ1v) is 5.33. The van der Waals surface area contributed by atoms with Gasteiger partial charge in [-0.3, -0.25) is 10.1 Å². The number of rotatable bonds is 3. The van der Waals surface area contributed by atoms with Crippen LogP contribution in [0.1, 0.15) is 12.8 Å². The summed E-state index contributed by atoms with van der Waals surface area (Å²) in [7, 11) is 0. The molecular formula is C11H12N2O4. The number of non-ortho nitro benzene ring substituents is 1. The van der Waals surface area contributed by atoms with Crippen LogP contribution in [0.15, 0.2) is 24.3 Å². The standard InChI is InChI=1S/C11H12N2O4/c14-11(15)10-2-1-7-12(10)8-3-5-9(6-4-8)13(16)17/h3-6,10H,1-2,7H2,(H,14,15)/t10-/m1/s1. The van der Waals surface area contributed by atoms with Crippen molar-refractivity contribution in [3.05, 3.63) is 34.4 Å². The maximum atomic E-state index is 11.0. The number of nitrogens with zero attached hydrogens (tertiary/aromatic N) is 2. The molecule has 1 saturated heterocycles. The Labute approximate surface area is 97.6 Å². The fourth-order valence-electron chi connectivity index (χ4n) is 2.10. The highest BCUT2D eigenvalue weighted by Crippen LogP contribution is 2.27. The average Bonchev–Trinajstić information content (AvgIpc) is 2.78. The molecule has 90 valence electrons. The molecular weight excluding hydrogens is 224 g/mol. The lowest BCUT2D eigenvalue weighted by molar-refractivity contribution is -0.384. The van der Waals surface area contributed by atoms with Gasteiger partial charge in [0.2, 0.25) is 0 Å². The Morgan fingerprint density at radius 2 is 2.06 bits per heavy atom. The fourth-order valence-corrected chi connectivity index (χ4v) is 2.10. The van der Waals surface area contributed by atoms with E-state index in [1.165, 1.54) is 12.1 Å². The second kappa shape index (κ2) is 4.40. The summed E-state index contributed by atoms with van der Waals surface area (Å²) in [4.78, 5) is 22.8. The van der Waals surface area contributed by atoms with E-state index in [4.69, 9.17) is 5.11 Å². The van der Waals surface area contributed by atoms with Crippen molar-refractivity contribution in [2.75, 3.05) is 11.4 Å². The van der Waals surface area contributed by atoms with Gasteiger partial charge in [0.05, 0.1) is 4.92 Å². The van der Waals surface area contributed by atoms with E-state index in [2.05, 4.69) is 0 Å². The Morgan fingerprint density at radius 3 is 2.59 bits per heavy atom. The highest BCUT2D eigenvalue weighted by Gasteiger charge is 2.30. The van der Waals surface area contributed by atoms with Gasteiger partial charge in [-0.25, -0.2) is 4.79 Å². The third kappa shape index (κ3) is 2.20. The van der Waals surface area contributed by atoms with Crippen molar-refractivity contribution < 1.29 is 14.8 Å². The summed E-state index contributed by atoms with van der Waals surface area (Å²) < 4.78 is 0. The van der Waals surface area contributed by atoms with E-state index in [0.717, 1.165) is 12.1 Å². The number of carboxylic acid groups (broad SMARTS) is 1. The minimum atomic E-state index is -0.846. The van der Waals surface area contributed by atoms with Crippen LogP contribution in [0.4, 0.5) is 11.4 Å². The molecule has 6 nitrogen and oxygen atoms in total. The van der Waals surface area contributed by atoms with Gasteiger partial charge in [0.15, 0.2) is 0 Å². The van der Waals surface area contributed by atoms with Crippen molar-refractivity contribution in [2.24, 2.45) is 0 Å². The summed E-state index contributed by atoms with van der Waals surface area (Å²) in [5.74, 6) is -0.846. The quantitative estimate of drug-likeness (QED) is 0.637. The summed E-state index contributed by atoms with van der Waals surface area (Å²) >= 11 is 0. The molecule has 0 amide bonds. The van der Waals surface area contributed by atoms with Crippen molar-refractivity contribution in [3.63, 3.8) is 0 Å². The number of hydrogen-bond donors (Lipinski definition) is 1. The Kier molecular flexibility index (Phi) is 2.95. The first kappa shape index (κ1) is 11.4. The van der Waals surface area contributed by atoms with Crippen molar-refractivity contribution in [3.8, 4) is 0 Å². The SMILES string of the molecule is O=C(O)[C@H]1CCCN1c1ccc([N+](=O)[O-])cc1. The number of nitro groups is 1. The first-order chi connectivity index (χ1) is 8.09. The minimum Gasteiger partial charge on any atom is -0.480 e. The van der Waals surface area contributed by atoms with Gasteiger partial charge in [-0.15, -0.1) is 0 Å². The largest absolute Gasteiger partial charge is 0.480 e. The van der Waals surface area contributed by atoms with Crippen molar-refractivity contribution in [2.45, 2.75) is 18.9 Å². The second-order valence-corrected chi connectivity index (χ2v) is 3.96. The molecule has 0 bridgehead atoms. The number of aliphatic carboxylic acids is 1. The number of nitro benzene ring substituents is 1. The molecule has 0 radical (unpaired) electrons. The third-order valence-corrected chi connectivity index (χ3v) is 2.93. The molecule has 2 rings (SSSR count). The molecule has 1 aliphatic rings. The van der Waals surface area contributed by atoms with Gasteiger partial charge in [-0.2, -0.15) is 0 Å². The van der Waals surface area contributed by atoms with E-state index >= 15 is 0 Å². The normalized spacial score (nSPS) is 19.3. The van der Waals surface area contributed by atoms with Crippen LogP contribution in [0.25, 0.3) is 0 Å². The van der Waals surface area contributed by atoms with Gasteiger partial charge < -0.3 is 10.0 Å². The molecule has 1 aromatic rings. The lowest BCUT2D eigenvalue weighted by atomic mass is 10.2. The number of hydrogen-bond acceptors (Lipinski definition) is 4. The Balaban J connectivity index is 2.22. The Bertz CT molecular complexity index is 443. The van der Waals surface area contributed by atoms with Gasteiger partial charge in [0.25, 0.3) is 5.69 Å². The van der Waals surface area contributed by atoms with E-state index in [9.17, 15) is 14.9 Å². The van der Waals surface area contributed by atoms with Crippen LogP contribution in [0.5, 0.6) is 0 Å². The number of benzene rings is 1. The molecule has 0 aromatic heterocycles. The van der Waals surface area contributed by atoms with Crippen LogP contribution < -0.4 is 4.90 Å². The van der Waals surface area contributed by atoms with Crippen molar-refractivity contribution in [1.82, 2.24) is 0 Å².